The normalized spacial score (nSPS) is 13.0. The zero-order valence-electron chi connectivity index (χ0n) is 17.9. The summed E-state index contributed by atoms with van der Waals surface area (Å²) in [5, 5.41) is 9.53. The maximum atomic E-state index is 9.53. The molecule has 0 bridgehead atoms. The maximum Gasteiger partial charge on any atom is 0.196 e. The first-order valence-electron chi connectivity index (χ1n) is 10.4. The molecule has 0 spiro atoms. The summed E-state index contributed by atoms with van der Waals surface area (Å²) in [7, 11) is 0. The molecule has 0 aliphatic heterocycles. The molecule has 0 saturated carbocycles. The summed E-state index contributed by atoms with van der Waals surface area (Å²) in [4.78, 5) is 0. The number of phenols is 1. The summed E-state index contributed by atoms with van der Waals surface area (Å²) < 4.78 is 11.1. The summed E-state index contributed by atoms with van der Waals surface area (Å²) in [6.07, 6.45) is 10.1. The molecular weight excluding hydrogens is 384 g/mol. The second-order valence-electron chi connectivity index (χ2n) is 7.02. The van der Waals surface area contributed by atoms with E-state index in [1.54, 1.807) is 12.1 Å². The Kier molecular flexibility index (Phi) is 8.27. The van der Waals surface area contributed by atoms with Gasteiger partial charge in [0.05, 0.1) is 0 Å². The number of phenolic OH excluding ortho intramolecular Hbond substituents is 1. The fourth-order valence-corrected chi connectivity index (χ4v) is 2.98. The van der Waals surface area contributed by atoms with E-state index in [0.717, 1.165) is 28.0 Å². The molecule has 1 unspecified atom stereocenters. The van der Waals surface area contributed by atoms with Crippen molar-refractivity contribution in [1.82, 2.24) is 0 Å². The molecule has 0 amide bonds. The van der Waals surface area contributed by atoms with Crippen LogP contribution in [0.25, 0.3) is 18.2 Å². The van der Waals surface area contributed by atoms with Gasteiger partial charge < -0.3 is 14.6 Å². The highest BCUT2D eigenvalue weighted by molar-refractivity contribution is 5.68. The molecule has 0 heterocycles. The molecule has 3 aromatic rings. The van der Waals surface area contributed by atoms with Crippen LogP contribution >= 0.6 is 0 Å². The smallest absolute Gasteiger partial charge is 0.196 e. The first kappa shape index (κ1) is 22.1. The van der Waals surface area contributed by atoms with Crippen LogP contribution < -0.4 is 4.74 Å². The van der Waals surface area contributed by atoms with Gasteiger partial charge in [-0.1, -0.05) is 78.9 Å². The topological polar surface area (TPSA) is 38.7 Å². The average molecular weight is 413 g/mol. The maximum absolute atomic E-state index is 9.53. The van der Waals surface area contributed by atoms with E-state index in [1.807, 2.05) is 68.4 Å². The molecule has 1 N–H and O–H groups in total. The minimum atomic E-state index is -0.269. The van der Waals surface area contributed by atoms with Gasteiger partial charge in [-0.25, -0.2) is 0 Å². The molecule has 3 heteroatoms. The molecule has 31 heavy (non-hydrogen) atoms. The first-order chi connectivity index (χ1) is 15.1. The van der Waals surface area contributed by atoms with Crippen molar-refractivity contribution in [3.05, 3.63) is 113 Å². The summed E-state index contributed by atoms with van der Waals surface area (Å²) in [6, 6.07) is 25.3. The molecule has 0 aliphatic carbocycles. The molecule has 158 valence electrons. The van der Waals surface area contributed by atoms with Gasteiger partial charge in [0, 0.05) is 6.61 Å². The molecule has 0 aliphatic rings. The third kappa shape index (κ3) is 7.65. The highest BCUT2D eigenvalue weighted by Gasteiger charge is 2.02. The van der Waals surface area contributed by atoms with Crippen LogP contribution in [-0.4, -0.2) is 18.0 Å². The van der Waals surface area contributed by atoms with Gasteiger partial charge >= 0.3 is 0 Å². The molecule has 0 saturated heterocycles. The van der Waals surface area contributed by atoms with E-state index in [1.165, 1.54) is 0 Å². The minimum absolute atomic E-state index is 0.259. The Bertz CT molecular complexity index is 1010. The Morgan fingerprint density at radius 2 is 1.39 bits per heavy atom. The number of hydrogen-bond donors (Lipinski definition) is 1. The SMILES string of the molecule is CCOC(C)Oc1ccc(C=CC(C=Cc2ccccc2)=Cc2ccc(O)cc2)cc1. The van der Waals surface area contributed by atoms with Crippen LogP contribution in [0.1, 0.15) is 30.5 Å². The lowest BCUT2D eigenvalue weighted by Crippen LogP contribution is -2.15. The summed E-state index contributed by atoms with van der Waals surface area (Å²) in [5.74, 6) is 1.04. The average Bonchev–Trinajstić information content (AvgIpc) is 2.79. The van der Waals surface area contributed by atoms with Crippen LogP contribution in [0.4, 0.5) is 0 Å². The first-order valence-corrected chi connectivity index (χ1v) is 10.4. The van der Waals surface area contributed by atoms with Crippen molar-refractivity contribution >= 4 is 18.2 Å². The molecule has 1 atom stereocenters. The van der Waals surface area contributed by atoms with Crippen molar-refractivity contribution in [3.8, 4) is 11.5 Å². The Labute approximate surface area is 184 Å². The van der Waals surface area contributed by atoms with Gasteiger partial charge in [0.25, 0.3) is 0 Å². The van der Waals surface area contributed by atoms with Gasteiger partial charge in [0.15, 0.2) is 6.29 Å². The monoisotopic (exact) mass is 412 g/mol. The highest BCUT2D eigenvalue weighted by Crippen LogP contribution is 2.18. The van der Waals surface area contributed by atoms with Crippen molar-refractivity contribution in [2.75, 3.05) is 6.61 Å². The second-order valence-corrected chi connectivity index (χ2v) is 7.02. The summed E-state index contributed by atoms with van der Waals surface area (Å²) in [6.45, 7) is 4.45. The van der Waals surface area contributed by atoms with E-state index in [4.69, 9.17) is 9.47 Å². The number of allylic oxidation sites excluding steroid dienone is 3. The van der Waals surface area contributed by atoms with Crippen LogP contribution in [0, 0.1) is 0 Å². The number of ether oxygens (including phenoxy) is 2. The van der Waals surface area contributed by atoms with Crippen LogP contribution in [-0.2, 0) is 4.74 Å². The third-order valence-corrected chi connectivity index (χ3v) is 4.55. The molecular formula is C28H28O3. The Morgan fingerprint density at radius 3 is 2.00 bits per heavy atom. The quantitative estimate of drug-likeness (QED) is 0.305. The van der Waals surface area contributed by atoms with E-state index < -0.39 is 0 Å². The van der Waals surface area contributed by atoms with Gasteiger partial charge in [-0.15, -0.1) is 0 Å². The van der Waals surface area contributed by atoms with Gasteiger partial charge in [-0.05, 0) is 66.5 Å². The number of aromatic hydroxyl groups is 1. The van der Waals surface area contributed by atoms with Crippen molar-refractivity contribution in [1.29, 1.82) is 0 Å². The van der Waals surface area contributed by atoms with Crippen molar-refractivity contribution in [2.45, 2.75) is 20.1 Å². The number of benzene rings is 3. The molecule has 0 radical (unpaired) electrons. The van der Waals surface area contributed by atoms with Crippen molar-refractivity contribution < 1.29 is 14.6 Å². The Balaban J connectivity index is 1.78. The Morgan fingerprint density at radius 1 is 0.806 bits per heavy atom. The van der Waals surface area contributed by atoms with Gasteiger partial charge in [0.1, 0.15) is 11.5 Å². The number of hydrogen-bond acceptors (Lipinski definition) is 3. The second kappa shape index (κ2) is 11.6. The van der Waals surface area contributed by atoms with Crippen LogP contribution in [0.15, 0.2) is 96.6 Å². The van der Waals surface area contributed by atoms with Crippen molar-refractivity contribution in [3.63, 3.8) is 0 Å². The number of rotatable bonds is 9. The van der Waals surface area contributed by atoms with E-state index >= 15 is 0 Å². The molecule has 3 rings (SSSR count). The Hall–Kier alpha value is -3.56. The van der Waals surface area contributed by atoms with E-state index in [2.05, 4.69) is 42.5 Å². The lowest BCUT2D eigenvalue weighted by atomic mass is 10.1. The van der Waals surface area contributed by atoms with Gasteiger partial charge in [-0.2, -0.15) is 0 Å². The zero-order valence-corrected chi connectivity index (χ0v) is 17.9. The highest BCUT2D eigenvalue weighted by atomic mass is 16.7. The predicted octanol–water partition coefficient (Wildman–Crippen LogP) is 6.96. The van der Waals surface area contributed by atoms with E-state index in [0.29, 0.717) is 6.61 Å². The molecule has 3 aromatic carbocycles. The van der Waals surface area contributed by atoms with Crippen LogP contribution in [0.3, 0.4) is 0 Å². The predicted molar refractivity (Wildman–Crippen MR) is 129 cm³/mol. The van der Waals surface area contributed by atoms with Gasteiger partial charge in [-0.3, -0.25) is 0 Å². The van der Waals surface area contributed by atoms with Crippen LogP contribution in [0.2, 0.25) is 0 Å². The molecule has 3 nitrogen and oxygen atoms in total. The molecule has 0 fully saturated rings. The standard InChI is InChI=1S/C28H28O3/c1-3-30-22(2)31-28-19-15-24(16-20-28)10-12-25(11-9-23-7-5-4-6-8-23)21-26-13-17-27(29)18-14-26/h4-22,29H,3H2,1-2H3. The van der Waals surface area contributed by atoms with E-state index in [9.17, 15) is 5.11 Å². The fraction of sp³-hybridized carbons (Fsp3) is 0.143. The van der Waals surface area contributed by atoms with E-state index in [-0.39, 0.29) is 12.0 Å². The summed E-state index contributed by atoms with van der Waals surface area (Å²) >= 11 is 0. The lowest BCUT2D eigenvalue weighted by Gasteiger charge is -2.14. The summed E-state index contributed by atoms with van der Waals surface area (Å²) in [5.41, 5.74) is 4.27. The largest absolute Gasteiger partial charge is 0.508 e. The van der Waals surface area contributed by atoms with Crippen LogP contribution in [0.5, 0.6) is 11.5 Å². The zero-order chi connectivity index (χ0) is 21.9. The third-order valence-electron chi connectivity index (χ3n) is 4.55. The van der Waals surface area contributed by atoms with Crippen molar-refractivity contribution in [2.24, 2.45) is 0 Å². The van der Waals surface area contributed by atoms with Gasteiger partial charge in [0.2, 0.25) is 0 Å². The fourth-order valence-electron chi connectivity index (χ4n) is 2.98. The molecule has 0 aromatic heterocycles. The lowest BCUT2D eigenvalue weighted by molar-refractivity contribution is -0.0613. The minimum Gasteiger partial charge on any atom is -0.508 e.